The van der Waals surface area contributed by atoms with Gasteiger partial charge in [0, 0.05) is 0 Å². The van der Waals surface area contributed by atoms with Gasteiger partial charge >= 0.3 is 0 Å². The van der Waals surface area contributed by atoms with Crippen LogP contribution in [0.25, 0.3) is 0 Å². The molecule has 0 fully saturated rings. The minimum atomic E-state index is 0.472. The van der Waals surface area contributed by atoms with Gasteiger partial charge in [0.2, 0.25) is 5.75 Å². The Labute approximate surface area is 65.2 Å². The molecule has 1 aromatic heterocycles. The van der Waals surface area contributed by atoms with Gasteiger partial charge in [-0.15, -0.1) is 0 Å². The van der Waals surface area contributed by atoms with Crippen LogP contribution in [0.1, 0.15) is 5.69 Å². The van der Waals surface area contributed by atoms with Crippen molar-refractivity contribution in [2.45, 2.75) is 6.92 Å². The van der Waals surface area contributed by atoms with E-state index >= 15 is 0 Å². The van der Waals surface area contributed by atoms with E-state index in [-0.39, 0.29) is 0 Å². The van der Waals surface area contributed by atoms with Crippen LogP contribution in [0, 0.1) is 6.92 Å². The minimum absolute atomic E-state index is 0.472. The van der Waals surface area contributed by atoms with Crippen molar-refractivity contribution in [1.82, 2.24) is 9.97 Å². The summed E-state index contributed by atoms with van der Waals surface area (Å²) < 4.78 is 9.96. The molecule has 0 bridgehead atoms. The molecule has 4 heteroatoms. The molecule has 0 spiro atoms. The molecule has 0 aliphatic carbocycles. The van der Waals surface area contributed by atoms with Crippen molar-refractivity contribution in [3.63, 3.8) is 0 Å². The number of rotatable bonds is 2. The molecule has 0 amide bonds. The summed E-state index contributed by atoms with van der Waals surface area (Å²) in [6.07, 6.45) is 1.44. The monoisotopic (exact) mass is 154 g/mol. The third-order valence-corrected chi connectivity index (χ3v) is 1.35. The minimum Gasteiger partial charge on any atom is -0.490 e. The van der Waals surface area contributed by atoms with E-state index in [1.54, 1.807) is 14.2 Å². The second-order valence-electron chi connectivity index (χ2n) is 2.00. The highest BCUT2D eigenvalue weighted by Gasteiger charge is 2.07. The molecule has 0 saturated carbocycles. The summed E-state index contributed by atoms with van der Waals surface area (Å²) in [4.78, 5) is 7.81. The molecular weight excluding hydrogens is 144 g/mol. The first-order chi connectivity index (χ1) is 5.29. The number of aromatic nitrogens is 2. The van der Waals surface area contributed by atoms with Crippen molar-refractivity contribution in [3.05, 3.63) is 12.0 Å². The molecule has 1 aromatic rings. The molecule has 0 saturated heterocycles. The third kappa shape index (κ3) is 1.39. The van der Waals surface area contributed by atoms with E-state index in [9.17, 15) is 0 Å². The molecule has 1 heterocycles. The summed E-state index contributed by atoms with van der Waals surface area (Å²) in [5.74, 6) is 1.06. The largest absolute Gasteiger partial charge is 0.490 e. The van der Waals surface area contributed by atoms with Crippen LogP contribution in [-0.2, 0) is 0 Å². The van der Waals surface area contributed by atoms with Gasteiger partial charge in [-0.3, -0.25) is 0 Å². The Hall–Kier alpha value is -1.32. The highest BCUT2D eigenvalue weighted by molar-refractivity contribution is 5.35. The van der Waals surface area contributed by atoms with E-state index in [0.717, 1.165) is 5.69 Å². The van der Waals surface area contributed by atoms with Crippen molar-refractivity contribution in [3.8, 4) is 11.6 Å². The molecule has 1 rings (SSSR count). The summed E-state index contributed by atoms with van der Waals surface area (Å²) >= 11 is 0. The smallest absolute Gasteiger partial charge is 0.260 e. The normalized spacial score (nSPS) is 9.36. The zero-order chi connectivity index (χ0) is 8.27. The van der Waals surface area contributed by atoms with E-state index in [1.807, 2.05) is 6.92 Å². The van der Waals surface area contributed by atoms with E-state index < -0.39 is 0 Å². The maximum absolute atomic E-state index is 5.02. The van der Waals surface area contributed by atoms with Crippen LogP contribution in [0.2, 0.25) is 0 Å². The van der Waals surface area contributed by atoms with Crippen molar-refractivity contribution in [2.24, 2.45) is 0 Å². The summed E-state index contributed by atoms with van der Waals surface area (Å²) in [5, 5.41) is 0. The second kappa shape index (κ2) is 3.18. The molecule has 60 valence electrons. The van der Waals surface area contributed by atoms with Crippen molar-refractivity contribution < 1.29 is 9.47 Å². The van der Waals surface area contributed by atoms with Gasteiger partial charge < -0.3 is 9.47 Å². The molecule has 0 aliphatic heterocycles. The SMILES string of the molecule is COc1ncnc(C)c1OC. The average molecular weight is 154 g/mol. The lowest BCUT2D eigenvalue weighted by Gasteiger charge is -2.06. The highest BCUT2D eigenvalue weighted by Crippen LogP contribution is 2.24. The standard InChI is InChI=1S/C7H10N2O2/c1-5-6(10-2)7(11-3)9-4-8-5/h4H,1-3H3. The second-order valence-corrected chi connectivity index (χ2v) is 2.00. The molecule has 0 N–H and O–H groups in total. The van der Waals surface area contributed by atoms with Crippen LogP contribution in [0.3, 0.4) is 0 Å². The summed E-state index contributed by atoms with van der Waals surface area (Å²) in [6, 6.07) is 0. The van der Waals surface area contributed by atoms with Crippen LogP contribution in [-0.4, -0.2) is 24.2 Å². The summed E-state index contributed by atoms with van der Waals surface area (Å²) in [6.45, 7) is 1.84. The number of aryl methyl sites for hydroxylation is 1. The molecule has 0 radical (unpaired) electrons. The number of nitrogens with zero attached hydrogens (tertiary/aromatic N) is 2. The van der Waals surface area contributed by atoms with E-state index in [4.69, 9.17) is 9.47 Å². The predicted molar refractivity (Wildman–Crippen MR) is 39.9 cm³/mol. The zero-order valence-corrected chi connectivity index (χ0v) is 6.79. The van der Waals surface area contributed by atoms with Crippen molar-refractivity contribution in [2.75, 3.05) is 14.2 Å². The number of hydrogen-bond acceptors (Lipinski definition) is 4. The first-order valence-corrected chi connectivity index (χ1v) is 3.19. The number of methoxy groups -OCH3 is 2. The average Bonchev–Trinajstić information content (AvgIpc) is 2.04. The first kappa shape index (κ1) is 7.78. The van der Waals surface area contributed by atoms with Crippen LogP contribution in [0.15, 0.2) is 6.33 Å². The number of hydrogen-bond donors (Lipinski definition) is 0. The highest BCUT2D eigenvalue weighted by atomic mass is 16.5. The Kier molecular flexibility index (Phi) is 2.25. The van der Waals surface area contributed by atoms with E-state index in [2.05, 4.69) is 9.97 Å². The van der Waals surface area contributed by atoms with Gasteiger partial charge in [-0.25, -0.2) is 4.98 Å². The van der Waals surface area contributed by atoms with Gasteiger partial charge in [-0.2, -0.15) is 4.98 Å². The Morgan fingerprint density at radius 3 is 2.36 bits per heavy atom. The lowest BCUT2D eigenvalue weighted by atomic mass is 10.4. The summed E-state index contributed by atoms with van der Waals surface area (Å²) in [5.41, 5.74) is 0.777. The molecule has 0 atom stereocenters. The van der Waals surface area contributed by atoms with E-state index in [1.165, 1.54) is 6.33 Å². The van der Waals surface area contributed by atoms with Crippen LogP contribution < -0.4 is 9.47 Å². The van der Waals surface area contributed by atoms with E-state index in [0.29, 0.717) is 11.6 Å². The fraction of sp³-hybridized carbons (Fsp3) is 0.429. The summed E-state index contributed by atoms with van der Waals surface area (Å²) in [7, 11) is 3.11. The molecule has 0 unspecified atom stereocenters. The molecule has 0 aliphatic rings. The quantitative estimate of drug-likeness (QED) is 0.632. The molecule has 11 heavy (non-hydrogen) atoms. The Morgan fingerprint density at radius 2 is 1.91 bits per heavy atom. The van der Waals surface area contributed by atoms with Gasteiger partial charge in [0.25, 0.3) is 5.88 Å². The zero-order valence-electron chi connectivity index (χ0n) is 6.79. The Balaban J connectivity index is 3.13. The van der Waals surface area contributed by atoms with Crippen molar-refractivity contribution >= 4 is 0 Å². The Bertz CT molecular complexity index is 250. The maximum atomic E-state index is 5.02. The molecular formula is C7H10N2O2. The van der Waals surface area contributed by atoms with Gasteiger partial charge in [-0.1, -0.05) is 0 Å². The topological polar surface area (TPSA) is 44.2 Å². The Morgan fingerprint density at radius 1 is 1.18 bits per heavy atom. The third-order valence-electron chi connectivity index (χ3n) is 1.35. The van der Waals surface area contributed by atoms with Gasteiger partial charge in [0.1, 0.15) is 6.33 Å². The van der Waals surface area contributed by atoms with Crippen LogP contribution >= 0.6 is 0 Å². The molecule has 0 aromatic carbocycles. The fourth-order valence-corrected chi connectivity index (χ4v) is 0.820. The van der Waals surface area contributed by atoms with Gasteiger partial charge in [0.15, 0.2) is 0 Å². The predicted octanol–water partition coefficient (Wildman–Crippen LogP) is 0.802. The lowest BCUT2D eigenvalue weighted by molar-refractivity contribution is 0.338. The van der Waals surface area contributed by atoms with Crippen molar-refractivity contribution in [1.29, 1.82) is 0 Å². The molecule has 4 nitrogen and oxygen atoms in total. The number of ether oxygens (including phenoxy) is 2. The lowest BCUT2D eigenvalue weighted by Crippen LogP contribution is -1.97. The van der Waals surface area contributed by atoms with Crippen LogP contribution in [0.5, 0.6) is 11.6 Å². The van der Waals surface area contributed by atoms with Gasteiger partial charge in [-0.05, 0) is 6.92 Å². The van der Waals surface area contributed by atoms with Gasteiger partial charge in [0.05, 0.1) is 19.9 Å². The maximum Gasteiger partial charge on any atom is 0.260 e. The van der Waals surface area contributed by atoms with Crippen LogP contribution in [0.4, 0.5) is 0 Å². The fourth-order valence-electron chi connectivity index (χ4n) is 0.820. The first-order valence-electron chi connectivity index (χ1n) is 3.19.